The fraction of sp³-hybridized carbons (Fsp3) is 0.923. The first-order chi connectivity index (χ1) is 9.81. The van der Waals surface area contributed by atoms with Gasteiger partial charge in [-0.1, -0.05) is 0 Å². The van der Waals surface area contributed by atoms with Gasteiger partial charge in [0.1, 0.15) is 6.61 Å². The highest BCUT2D eigenvalue weighted by atomic mass is 16.5. The molecular weight excluding hydrogens is 264 g/mol. The first-order valence-electron chi connectivity index (χ1n) is 7.06. The molecule has 0 saturated heterocycles. The second-order valence-electron chi connectivity index (χ2n) is 4.16. The van der Waals surface area contributed by atoms with Crippen LogP contribution in [-0.2, 0) is 19.0 Å². The average Bonchev–Trinajstić information content (AvgIpc) is 2.47. The van der Waals surface area contributed by atoms with Gasteiger partial charge >= 0.3 is 0 Å². The van der Waals surface area contributed by atoms with Gasteiger partial charge in [0.15, 0.2) is 0 Å². The second kappa shape index (κ2) is 16.3. The molecule has 1 amide bonds. The van der Waals surface area contributed by atoms with Crippen LogP contribution in [0.3, 0.4) is 0 Å². The van der Waals surface area contributed by atoms with Gasteiger partial charge in [0.2, 0.25) is 5.91 Å². The van der Waals surface area contributed by atoms with Gasteiger partial charge in [-0.05, 0) is 26.4 Å². The fourth-order valence-electron chi connectivity index (χ4n) is 1.35. The van der Waals surface area contributed by atoms with Gasteiger partial charge in [-0.2, -0.15) is 0 Å². The van der Waals surface area contributed by atoms with E-state index in [0.717, 1.165) is 26.0 Å². The molecule has 0 aromatic carbocycles. The van der Waals surface area contributed by atoms with E-state index in [1.807, 2.05) is 7.05 Å². The van der Waals surface area contributed by atoms with E-state index in [1.54, 1.807) is 0 Å². The van der Waals surface area contributed by atoms with Crippen molar-refractivity contribution in [1.29, 1.82) is 0 Å². The summed E-state index contributed by atoms with van der Waals surface area (Å²) in [4.78, 5) is 10.7. The van der Waals surface area contributed by atoms with Crippen molar-refractivity contribution >= 4 is 5.91 Å². The number of carbonyl (C=O) groups is 1. The molecule has 0 saturated carbocycles. The van der Waals surface area contributed by atoms with Gasteiger partial charge in [0, 0.05) is 19.8 Å². The molecule has 0 heterocycles. The van der Waals surface area contributed by atoms with Gasteiger partial charge in [0.05, 0.1) is 26.4 Å². The quantitative estimate of drug-likeness (QED) is 0.341. The molecular formula is C13H28N2O5. The van der Waals surface area contributed by atoms with Crippen LogP contribution < -0.4 is 10.6 Å². The third kappa shape index (κ3) is 15.3. The molecule has 20 heavy (non-hydrogen) atoms. The summed E-state index contributed by atoms with van der Waals surface area (Å²) in [5, 5.41) is 14.1. The lowest BCUT2D eigenvalue weighted by atomic mass is 10.4. The molecule has 0 aliphatic heterocycles. The largest absolute Gasteiger partial charge is 0.387 e. The van der Waals surface area contributed by atoms with Gasteiger partial charge < -0.3 is 30.0 Å². The summed E-state index contributed by atoms with van der Waals surface area (Å²) in [6.07, 6.45) is 1.73. The summed E-state index contributed by atoms with van der Waals surface area (Å²) in [6.45, 7) is 4.60. The maximum atomic E-state index is 10.7. The van der Waals surface area contributed by atoms with Crippen molar-refractivity contribution < 1.29 is 24.1 Å². The Hall–Kier alpha value is -0.730. The summed E-state index contributed by atoms with van der Waals surface area (Å²) in [7, 11) is 1.92. The third-order valence-corrected chi connectivity index (χ3v) is 2.39. The lowest BCUT2D eigenvalue weighted by Gasteiger charge is -2.07. The Morgan fingerprint density at radius 3 is 1.90 bits per heavy atom. The van der Waals surface area contributed by atoms with E-state index in [2.05, 4.69) is 10.6 Å². The Bertz CT molecular complexity index is 217. The molecule has 0 atom stereocenters. The number of carbonyl (C=O) groups excluding carboxylic acids is 1. The Kier molecular flexibility index (Phi) is 15.7. The molecule has 0 bridgehead atoms. The van der Waals surface area contributed by atoms with Crippen molar-refractivity contribution in [2.24, 2.45) is 0 Å². The van der Waals surface area contributed by atoms with Gasteiger partial charge in [-0.15, -0.1) is 0 Å². The lowest BCUT2D eigenvalue weighted by molar-refractivity contribution is -0.123. The first kappa shape index (κ1) is 19.3. The fourth-order valence-corrected chi connectivity index (χ4v) is 1.35. The molecule has 0 aromatic heterocycles. The third-order valence-electron chi connectivity index (χ3n) is 2.39. The van der Waals surface area contributed by atoms with Crippen LogP contribution in [-0.4, -0.2) is 77.4 Å². The SMILES string of the molecule is CNCCCOCCOCCOCCCNC(=O)CO. The van der Waals surface area contributed by atoms with Crippen LogP contribution >= 0.6 is 0 Å². The minimum atomic E-state index is -0.467. The topological polar surface area (TPSA) is 89.0 Å². The molecule has 7 nitrogen and oxygen atoms in total. The predicted molar refractivity (Wildman–Crippen MR) is 75.7 cm³/mol. The molecule has 3 N–H and O–H groups in total. The summed E-state index contributed by atoms with van der Waals surface area (Å²) in [5.41, 5.74) is 0. The summed E-state index contributed by atoms with van der Waals surface area (Å²) in [6, 6.07) is 0. The normalized spacial score (nSPS) is 10.7. The number of aliphatic hydroxyl groups is 1. The van der Waals surface area contributed by atoms with E-state index in [0.29, 0.717) is 39.6 Å². The maximum Gasteiger partial charge on any atom is 0.245 e. The van der Waals surface area contributed by atoms with E-state index in [4.69, 9.17) is 19.3 Å². The smallest absolute Gasteiger partial charge is 0.245 e. The molecule has 7 heteroatoms. The van der Waals surface area contributed by atoms with Gasteiger partial charge in [0.25, 0.3) is 0 Å². The number of amides is 1. The minimum absolute atomic E-state index is 0.358. The molecule has 0 aliphatic rings. The molecule has 0 spiro atoms. The number of nitrogens with one attached hydrogen (secondary N) is 2. The molecule has 120 valence electrons. The highest BCUT2D eigenvalue weighted by molar-refractivity contribution is 5.76. The zero-order valence-corrected chi connectivity index (χ0v) is 12.4. The van der Waals surface area contributed by atoms with E-state index in [-0.39, 0.29) is 5.91 Å². The summed E-state index contributed by atoms with van der Waals surface area (Å²) < 4.78 is 16.0. The van der Waals surface area contributed by atoms with Crippen LogP contribution in [0.1, 0.15) is 12.8 Å². The van der Waals surface area contributed by atoms with E-state index < -0.39 is 6.61 Å². The van der Waals surface area contributed by atoms with Crippen molar-refractivity contribution in [3.63, 3.8) is 0 Å². The zero-order valence-electron chi connectivity index (χ0n) is 12.4. The van der Waals surface area contributed by atoms with Crippen molar-refractivity contribution in [2.75, 3.05) is 66.4 Å². The van der Waals surface area contributed by atoms with Crippen molar-refractivity contribution in [2.45, 2.75) is 12.8 Å². The first-order valence-corrected chi connectivity index (χ1v) is 7.06. The van der Waals surface area contributed by atoms with Crippen molar-refractivity contribution in [3.8, 4) is 0 Å². The van der Waals surface area contributed by atoms with Crippen LogP contribution in [0, 0.1) is 0 Å². The molecule has 0 rings (SSSR count). The zero-order chi connectivity index (χ0) is 14.9. The highest BCUT2D eigenvalue weighted by Gasteiger charge is 1.96. The molecule has 0 radical (unpaired) electrons. The highest BCUT2D eigenvalue weighted by Crippen LogP contribution is 1.85. The Morgan fingerprint density at radius 1 is 0.900 bits per heavy atom. The summed E-state index contributed by atoms with van der Waals surface area (Å²) >= 11 is 0. The summed E-state index contributed by atoms with van der Waals surface area (Å²) in [5.74, 6) is -0.358. The Balaban J connectivity index is 2.97. The molecule has 0 unspecified atom stereocenters. The van der Waals surface area contributed by atoms with E-state index >= 15 is 0 Å². The number of aliphatic hydroxyl groups excluding tert-OH is 1. The maximum absolute atomic E-state index is 10.7. The lowest BCUT2D eigenvalue weighted by Crippen LogP contribution is -2.27. The minimum Gasteiger partial charge on any atom is -0.387 e. The van der Waals surface area contributed by atoms with Gasteiger partial charge in [-0.3, -0.25) is 4.79 Å². The monoisotopic (exact) mass is 292 g/mol. The van der Waals surface area contributed by atoms with E-state index in [9.17, 15) is 4.79 Å². The second-order valence-corrected chi connectivity index (χ2v) is 4.16. The van der Waals surface area contributed by atoms with E-state index in [1.165, 1.54) is 0 Å². The number of rotatable bonds is 15. The van der Waals surface area contributed by atoms with Crippen LogP contribution in [0.5, 0.6) is 0 Å². The van der Waals surface area contributed by atoms with Crippen LogP contribution in [0.25, 0.3) is 0 Å². The van der Waals surface area contributed by atoms with Crippen LogP contribution in [0.4, 0.5) is 0 Å². The van der Waals surface area contributed by atoms with Crippen LogP contribution in [0.2, 0.25) is 0 Å². The molecule has 0 fully saturated rings. The Labute approximate surface area is 121 Å². The van der Waals surface area contributed by atoms with Gasteiger partial charge in [-0.25, -0.2) is 0 Å². The van der Waals surface area contributed by atoms with Crippen LogP contribution in [0.15, 0.2) is 0 Å². The van der Waals surface area contributed by atoms with Crippen molar-refractivity contribution in [1.82, 2.24) is 10.6 Å². The van der Waals surface area contributed by atoms with Crippen molar-refractivity contribution in [3.05, 3.63) is 0 Å². The number of hydrogen-bond donors (Lipinski definition) is 3. The average molecular weight is 292 g/mol. The molecule has 0 aliphatic carbocycles. The standard InChI is InChI=1S/C13H28N2O5/c1-14-4-2-6-18-8-10-20-11-9-19-7-3-5-15-13(17)12-16/h14,16H,2-12H2,1H3,(H,15,17). The Morgan fingerprint density at radius 2 is 1.40 bits per heavy atom. The number of ether oxygens (including phenoxy) is 3. The number of hydrogen-bond acceptors (Lipinski definition) is 6. The predicted octanol–water partition coefficient (Wildman–Crippen LogP) is -0.856. The molecule has 0 aromatic rings.